The summed E-state index contributed by atoms with van der Waals surface area (Å²) in [6.07, 6.45) is 5.92. The number of aliphatic carboxylic acids is 1. The summed E-state index contributed by atoms with van der Waals surface area (Å²) in [5.41, 5.74) is 6.16. The van der Waals surface area contributed by atoms with Crippen LogP contribution in [0.4, 0.5) is 5.82 Å². The fourth-order valence-electron chi connectivity index (χ4n) is 3.12. The third kappa shape index (κ3) is 3.94. The number of hydrogen-bond acceptors (Lipinski definition) is 6. The third-order valence-electron chi connectivity index (χ3n) is 4.97. The molecule has 0 fully saturated rings. The molecule has 0 aliphatic carbocycles. The molecule has 2 unspecified atom stereocenters. The highest BCUT2D eigenvalue weighted by molar-refractivity contribution is 5.93. The smallest absolute Gasteiger partial charge is 0.344 e. The lowest BCUT2D eigenvalue weighted by Gasteiger charge is -2.33. The van der Waals surface area contributed by atoms with Gasteiger partial charge < -0.3 is 10.4 Å². The fourth-order valence-corrected chi connectivity index (χ4v) is 3.12. The molecule has 0 saturated heterocycles. The number of carboxylic acid groups (broad SMARTS) is 1. The zero-order chi connectivity index (χ0) is 20.1. The monoisotopic (exact) mass is 379 g/mol. The van der Waals surface area contributed by atoms with Crippen molar-refractivity contribution >= 4 is 22.7 Å². The molecule has 1 aromatic carbocycles. The molecular weight excluding hydrogens is 354 g/mol. The predicted molar refractivity (Wildman–Crippen MR) is 110 cm³/mol. The minimum absolute atomic E-state index is 0.291. The highest BCUT2D eigenvalue weighted by Gasteiger charge is 2.40. The van der Waals surface area contributed by atoms with Gasteiger partial charge in [0.05, 0.1) is 5.52 Å². The highest BCUT2D eigenvalue weighted by Crippen LogP contribution is 2.29. The highest BCUT2D eigenvalue weighted by atomic mass is 16.4. The topological polar surface area (TPSA) is 114 Å². The maximum absolute atomic E-state index is 12.1. The van der Waals surface area contributed by atoms with E-state index in [1.165, 1.54) is 0 Å². The first-order valence-corrected chi connectivity index (χ1v) is 9.43. The van der Waals surface area contributed by atoms with Crippen LogP contribution >= 0.6 is 0 Å². The second-order valence-electron chi connectivity index (χ2n) is 7.00. The van der Waals surface area contributed by atoms with Crippen LogP contribution in [0.25, 0.3) is 22.3 Å². The Bertz CT molecular complexity index is 963. The number of nitrogens with two attached hydrogens (primary N) is 1. The number of carboxylic acids is 1. The van der Waals surface area contributed by atoms with Crippen molar-refractivity contribution in [3.05, 3.63) is 48.8 Å². The molecule has 0 bridgehead atoms. The maximum atomic E-state index is 12.1. The average Bonchev–Trinajstić information content (AvgIpc) is 2.72. The van der Waals surface area contributed by atoms with Crippen LogP contribution in [0.3, 0.4) is 0 Å². The van der Waals surface area contributed by atoms with Crippen molar-refractivity contribution in [3.63, 3.8) is 0 Å². The number of carbonyl (C=O) groups is 1. The molecule has 0 saturated carbocycles. The van der Waals surface area contributed by atoms with Crippen LogP contribution in [0.2, 0.25) is 0 Å². The minimum Gasteiger partial charge on any atom is -0.478 e. The van der Waals surface area contributed by atoms with Gasteiger partial charge in [-0.1, -0.05) is 38.8 Å². The second-order valence-corrected chi connectivity index (χ2v) is 7.00. The number of fused-ring (bicyclic) bond motifs is 1. The molecule has 2 aromatic heterocycles. The molecule has 7 heteroatoms. The SMILES string of the molecule is CCCCC(C)C(N)(Nc1nc(-c2cccnc2)nc2ccccc12)C(=O)O. The number of unbranched alkanes of at least 4 members (excludes halogenated alkanes) is 1. The van der Waals surface area contributed by atoms with E-state index >= 15 is 0 Å². The van der Waals surface area contributed by atoms with E-state index in [0.717, 1.165) is 18.4 Å². The largest absolute Gasteiger partial charge is 0.478 e. The summed E-state index contributed by atoms with van der Waals surface area (Å²) in [7, 11) is 0. The van der Waals surface area contributed by atoms with E-state index in [2.05, 4.69) is 27.2 Å². The molecular formula is C21H25N5O2. The van der Waals surface area contributed by atoms with Gasteiger partial charge in [0.1, 0.15) is 5.82 Å². The first-order valence-electron chi connectivity index (χ1n) is 9.43. The Morgan fingerprint density at radius 1 is 1.25 bits per heavy atom. The number of hydrogen-bond donors (Lipinski definition) is 3. The number of benzene rings is 1. The number of aromatic nitrogens is 3. The van der Waals surface area contributed by atoms with Crippen LogP contribution in [0.15, 0.2) is 48.8 Å². The number of nitrogens with zero attached hydrogens (tertiary/aromatic N) is 3. The first-order chi connectivity index (χ1) is 13.5. The Kier molecular flexibility index (Phi) is 5.84. The Balaban J connectivity index is 2.09. The Morgan fingerprint density at radius 2 is 2.04 bits per heavy atom. The van der Waals surface area contributed by atoms with Crippen LogP contribution in [0.1, 0.15) is 33.1 Å². The predicted octanol–water partition coefficient (Wildman–Crippen LogP) is 3.67. The molecule has 146 valence electrons. The van der Waals surface area contributed by atoms with Crippen LogP contribution in [-0.2, 0) is 4.79 Å². The number of nitrogens with one attached hydrogen (secondary N) is 1. The van der Waals surface area contributed by atoms with E-state index in [9.17, 15) is 9.90 Å². The van der Waals surface area contributed by atoms with E-state index in [0.29, 0.717) is 29.0 Å². The molecule has 2 atom stereocenters. The first kappa shape index (κ1) is 19.7. The normalized spacial score (nSPS) is 14.4. The quantitative estimate of drug-likeness (QED) is 0.512. The van der Waals surface area contributed by atoms with E-state index in [1.54, 1.807) is 18.5 Å². The lowest BCUT2D eigenvalue weighted by Crippen LogP contribution is -2.59. The van der Waals surface area contributed by atoms with E-state index in [-0.39, 0.29) is 5.92 Å². The number of rotatable bonds is 8. The van der Waals surface area contributed by atoms with Gasteiger partial charge >= 0.3 is 5.97 Å². The standard InChI is InChI=1S/C21H25N5O2/c1-3-4-8-14(2)21(22,20(27)28)26-19-16-10-5-6-11-17(16)24-18(25-19)15-9-7-12-23-13-15/h5-7,9-14H,3-4,8,22H2,1-2H3,(H,27,28)(H,24,25,26). The number of anilines is 1. The molecule has 0 aliphatic rings. The molecule has 0 spiro atoms. The van der Waals surface area contributed by atoms with Crippen LogP contribution in [0, 0.1) is 5.92 Å². The van der Waals surface area contributed by atoms with Crippen LogP contribution in [0.5, 0.6) is 0 Å². The Labute approximate surface area is 164 Å². The maximum Gasteiger partial charge on any atom is 0.344 e. The lowest BCUT2D eigenvalue weighted by atomic mass is 9.90. The fraction of sp³-hybridized carbons (Fsp3) is 0.333. The van der Waals surface area contributed by atoms with Crippen molar-refractivity contribution < 1.29 is 9.90 Å². The van der Waals surface area contributed by atoms with Crippen molar-refractivity contribution in [1.29, 1.82) is 0 Å². The van der Waals surface area contributed by atoms with Crippen molar-refractivity contribution in [2.45, 2.75) is 38.8 Å². The van der Waals surface area contributed by atoms with E-state index < -0.39 is 11.6 Å². The molecule has 2 heterocycles. The van der Waals surface area contributed by atoms with Crippen molar-refractivity contribution in [3.8, 4) is 11.4 Å². The van der Waals surface area contributed by atoms with Gasteiger partial charge in [-0.2, -0.15) is 0 Å². The molecule has 0 amide bonds. The summed E-state index contributed by atoms with van der Waals surface area (Å²) >= 11 is 0. The van der Waals surface area contributed by atoms with Crippen LogP contribution in [-0.4, -0.2) is 31.7 Å². The molecule has 3 rings (SSSR count). The zero-order valence-electron chi connectivity index (χ0n) is 16.1. The average molecular weight is 379 g/mol. The van der Waals surface area contributed by atoms with Gasteiger partial charge in [0.2, 0.25) is 0 Å². The van der Waals surface area contributed by atoms with Gasteiger partial charge in [0, 0.05) is 29.3 Å². The molecule has 7 nitrogen and oxygen atoms in total. The third-order valence-corrected chi connectivity index (χ3v) is 4.97. The van der Waals surface area contributed by atoms with Gasteiger partial charge in [-0.25, -0.2) is 14.8 Å². The zero-order valence-corrected chi connectivity index (χ0v) is 16.1. The van der Waals surface area contributed by atoms with Crippen molar-refractivity contribution in [2.24, 2.45) is 11.7 Å². The Morgan fingerprint density at radius 3 is 2.71 bits per heavy atom. The molecule has 0 radical (unpaired) electrons. The summed E-state index contributed by atoms with van der Waals surface area (Å²) in [5.74, 6) is -0.539. The summed E-state index contributed by atoms with van der Waals surface area (Å²) in [5, 5.41) is 13.6. The minimum atomic E-state index is -1.64. The molecule has 4 N–H and O–H groups in total. The summed E-state index contributed by atoms with van der Waals surface area (Å²) in [6, 6.07) is 11.1. The van der Waals surface area contributed by atoms with Gasteiger partial charge in [-0.05, 0) is 30.7 Å². The second kappa shape index (κ2) is 8.31. The van der Waals surface area contributed by atoms with Crippen molar-refractivity contribution in [1.82, 2.24) is 15.0 Å². The molecule has 0 aliphatic heterocycles. The van der Waals surface area contributed by atoms with Gasteiger partial charge in [0.15, 0.2) is 11.5 Å². The van der Waals surface area contributed by atoms with Crippen molar-refractivity contribution in [2.75, 3.05) is 5.32 Å². The van der Waals surface area contributed by atoms with Crippen LogP contribution < -0.4 is 11.1 Å². The van der Waals surface area contributed by atoms with Gasteiger partial charge in [-0.3, -0.25) is 10.7 Å². The Hall–Kier alpha value is -3.06. The lowest BCUT2D eigenvalue weighted by molar-refractivity contribution is -0.144. The summed E-state index contributed by atoms with van der Waals surface area (Å²) in [6.45, 7) is 3.92. The summed E-state index contributed by atoms with van der Waals surface area (Å²) < 4.78 is 0. The number of para-hydroxylation sites is 1. The number of pyridine rings is 1. The molecule has 3 aromatic rings. The van der Waals surface area contributed by atoms with E-state index in [1.807, 2.05) is 37.3 Å². The van der Waals surface area contributed by atoms with E-state index in [4.69, 9.17) is 5.73 Å². The van der Waals surface area contributed by atoms with Gasteiger partial charge in [-0.15, -0.1) is 0 Å². The summed E-state index contributed by atoms with van der Waals surface area (Å²) in [4.78, 5) is 25.4. The van der Waals surface area contributed by atoms with Gasteiger partial charge in [0.25, 0.3) is 0 Å². The molecule has 28 heavy (non-hydrogen) atoms.